The van der Waals surface area contributed by atoms with Gasteiger partial charge in [-0.1, -0.05) is 6.07 Å². The van der Waals surface area contributed by atoms with E-state index in [-0.39, 0.29) is 34.4 Å². The number of fused-ring (bicyclic) bond motifs is 1. The molecule has 1 aliphatic heterocycles. The predicted octanol–water partition coefficient (Wildman–Crippen LogP) is 3.06. The average molecular weight is 406 g/mol. The molecule has 0 saturated carbocycles. The van der Waals surface area contributed by atoms with E-state index in [1.807, 2.05) is 0 Å². The summed E-state index contributed by atoms with van der Waals surface area (Å²) in [5.41, 5.74) is -0.721. The number of rotatable bonds is 2. The first kappa shape index (κ1) is 19.2. The highest BCUT2D eigenvalue weighted by atomic mass is 19.4. The molecule has 3 heterocycles. The van der Waals surface area contributed by atoms with Crippen LogP contribution in [0.2, 0.25) is 0 Å². The fourth-order valence-electron chi connectivity index (χ4n) is 3.23. The van der Waals surface area contributed by atoms with Gasteiger partial charge in [-0.25, -0.2) is 9.37 Å². The first-order valence-corrected chi connectivity index (χ1v) is 8.69. The van der Waals surface area contributed by atoms with Crippen LogP contribution in [0.5, 0.6) is 0 Å². The summed E-state index contributed by atoms with van der Waals surface area (Å²) in [7, 11) is 0. The number of nitrogens with zero attached hydrogens (tertiary/aromatic N) is 4. The molecule has 29 heavy (non-hydrogen) atoms. The minimum atomic E-state index is -4.67. The van der Waals surface area contributed by atoms with E-state index >= 15 is 0 Å². The number of benzene rings is 1. The van der Waals surface area contributed by atoms with Gasteiger partial charge in [0.05, 0.1) is 24.1 Å². The number of likely N-dealkylation sites (tertiary alicyclic amines) is 1. The zero-order chi connectivity index (χ0) is 20.8. The van der Waals surface area contributed by atoms with Crippen LogP contribution in [0.4, 0.5) is 17.6 Å². The third-order valence-electron chi connectivity index (χ3n) is 4.71. The summed E-state index contributed by atoms with van der Waals surface area (Å²) in [4.78, 5) is 26.4. The van der Waals surface area contributed by atoms with Crippen molar-refractivity contribution < 1.29 is 27.5 Å². The Morgan fingerprint density at radius 2 is 1.97 bits per heavy atom. The molecular weight excluding hydrogens is 392 g/mol. The van der Waals surface area contributed by atoms with Crippen LogP contribution in [0, 0.1) is 5.82 Å². The minimum absolute atomic E-state index is 0.00799. The molecule has 1 amide bonds. The lowest BCUT2D eigenvalue weighted by Crippen LogP contribution is -2.30. The second-order valence-corrected chi connectivity index (χ2v) is 6.70. The molecule has 10 heteroatoms. The summed E-state index contributed by atoms with van der Waals surface area (Å²) < 4.78 is 52.9. The van der Waals surface area contributed by atoms with Crippen molar-refractivity contribution in [2.24, 2.45) is 0 Å². The minimum Gasteiger partial charge on any atom is -0.391 e. The van der Waals surface area contributed by atoms with Crippen LogP contribution in [0.25, 0.3) is 22.2 Å². The van der Waals surface area contributed by atoms with Crippen molar-refractivity contribution in [1.82, 2.24) is 19.9 Å². The van der Waals surface area contributed by atoms with Crippen molar-refractivity contribution in [2.45, 2.75) is 18.7 Å². The maximum Gasteiger partial charge on any atom is 0.416 e. The number of alkyl halides is 3. The Labute approximate surface area is 161 Å². The third kappa shape index (κ3) is 3.63. The van der Waals surface area contributed by atoms with Crippen molar-refractivity contribution in [3.63, 3.8) is 0 Å². The molecule has 0 aliphatic carbocycles. The number of halogens is 4. The molecule has 1 unspecified atom stereocenters. The number of pyridine rings is 1. The van der Waals surface area contributed by atoms with Crippen LogP contribution in [0.15, 0.2) is 36.8 Å². The number of hydrogen-bond acceptors (Lipinski definition) is 5. The van der Waals surface area contributed by atoms with E-state index in [0.717, 1.165) is 12.1 Å². The number of hydrogen-bond donors (Lipinski definition) is 1. The Bertz CT molecular complexity index is 1100. The predicted molar refractivity (Wildman–Crippen MR) is 94.3 cm³/mol. The number of carbonyl (C=O) groups is 1. The fourth-order valence-corrected chi connectivity index (χ4v) is 3.23. The fraction of sp³-hybridized carbons (Fsp3) is 0.263. The standard InChI is InChI=1S/C19H14F4N4O2/c20-14-5-10(19(21,22)23)1-2-12(14)13-6-24-7-15-17(13)26-16(8-25-15)18(29)27-4-3-11(28)9-27/h1-2,5-8,11,28H,3-4,9H2. The molecule has 1 aromatic carbocycles. The van der Waals surface area contributed by atoms with Gasteiger partial charge in [0.1, 0.15) is 22.5 Å². The lowest BCUT2D eigenvalue weighted by Gasteiger charge is -2.15. The molecule has 0 radical (unpaired) electrons. The van der Waals surface area contributed by atoms with E-state index in [2.05, 4.69) is 15.0 Å². The van der Waals surface area contributed by atoms with Crippen molar-refractivity contribution >= 4 is 16.9 Å². The van der Waals surface area contributed by atoms with Crippen molar-refractivity contribution in [3.8, 4) is 11.1 Å². The van der Waals surface area contributed by atoms with E-state index in [4.69, 9.17) is 0 Å². The molecule has 6 nitrogen and oxygen atoms in total. The van der Waals surface area contributed by atoms with Crippen molar-refractivity contribution in [3.05, 3.63) is 53.9 Å². The highest BCUT2D eigenvalue weighted by Crippen LogP contribution is 2.34. The molecule has 1 atom stereocenters. The van der Waals surface area contributed by atoms with E-state index in [1.54, 1.807) is 0 Å². The Morgan fingerprint density at radius 1 is 1.17 bits per heavy atom. The van der Waals surface area contributed by atoms with Gasteiger partial charge < -0.3 is 10.0 Å². The van der Waals surface area contributed by atoms with Crippen LogP contribution in [0.1, 0.15) is 22.5 Å². The van der Waals surface area contributed by atoms with Gasteiger partial charge in [-0.2, -0.15) is 13.2 Å². The normalized spacial score (nSPS) is 17.1. The monoisotopic (exact) mass is 406 g/mol. The van der Waals surface area contributed by atoms with E-state index < -0.39 is 29.6 Å². The first-order valence-electron chi connectivity index (χ1n) is 8.69. The van der Waals surface area contributed by atoms with Crippen molar-refractivity contribution in [2.75, 3.05) is 13.1 Å². The zero-order valence-corrected chi connectivity index (χ0v) is 14.8. The summed E-state index contributed by atoms with van der Waals surface area (Å²) in [5.74, 6) is -1.53. The quantitative estimate of drug-likeness (QED) is 0.662. The topological polar surface area (TPSA) is 79.2 Å². The lowest BCUT2D eigenvalue weighted by molar-refractivity contribution is -0.137. The molecule has 3 aromatic rings. The highest BCUT2D eigenvalue weighted by Gasteiger charge is 2.31. The number of aromatic nitrogens is 3. The van der Waals surface area contributed by atoms with Gasteiger partial charge in [0.25, 0.3) is 5.91 Å². The average Bonchev–Trinajstić information content (AvgIpc) is 3.12. The van der Waals surface area contributed by atoms with Crippen molar-refractivity contribution in [1.29, 1.82) is 0 Å². The molecule has 1 N–H and O–H groups in total. The van der Waals surface area contributed by atoms with E-state index in [1.165, 1.54) is 23.5 Å². The van der Waals surface area contributed by atoms with Gasteiger partial charge in [0, 0.05) is 30.4 Å². The van der Waals surface area contributed by atoms with Crippen LogP contribution in [-0.4, -0.2) is 50.1 Å². The molecule has 2 aromatic heterocycles. The Hall–Kier alpha value is -3.14. The van der Waals surface area contributed by atoms with Crippen LogP contribution in [-0.2, 0) is 6.18 Å². The summed E-state index contributed by atoms with van der Waals surface area (Å²) in [6.07, 6.45) is -0.940. The SMILES string of the molecule is O=C(c1cnc2cncc(-c3ccc(C(F)(F)F)cc3F)c2n1)N1CCC(O)C1. The van der Waals surface area contributed by atoms with Gasteiger partial charge in [0.15, 0.2) is 0 Å². The Balaban J connectivity index is 1.78. The third-order valence-corrected chi connectivity index (χ3v) is 4.71. The zero-order valence-electron chi connectivity index (χ0n) is 14.8. The molecule has 1 saturated heterocycles. The van der Waals surface area contributed by atoms with Gasteiger partial charge in [-0.3, -0.25) is 14.8 Å². The Kier molecular flexibility index (Phi) is 4.65. The molecule has 0 spiro atoms. The van der Waals surface area contributed by atoms with E-state index in [9.17, 15) is 27.5 Å². The molecule has 0 bridgehead atoms. The maximum absolute atomic E-state index is 14.5. The molecule has 1 aliphatic rings. The van der Waals surface area contributed by atoms with Gasteiger partial charge >= 0.3 is 6.18 Å². The van der Waals surface area contributed by atoms with Crippen LogP contribution < -0.4 is 0 Å². The molecular formula is C19H14F4N4O2. The second kappa shape index (κ2) is 7.03. The highest BCUT2D eigenvalue weighted by molar-refractivity contribution is 5.97. The summed E-state index contributed by atoms with van der Waals surface area (Å²) in [6.45, 7) is 0.547. The van der Waals surface area contributed by atoms with Crippen LogP contribution >= 0.6 is 0 Å². The van der Waals surface area contributed by atoms with Gasteiger partial charge in [-0.05, 0) is 18.6 Å². The molecule has 1 fully saturated rings. The van der Waals surface area contributed by atoms with Gasteiger partial charge in [-0.15, -0.1) is 0 Å². The van der Waals surface area contributed by atoms with Gasteiger partial charge in [0.2, 0.25) is 0 Å². The second-order valence-electron chi connectivity index (χ2n) is 6.70. The molecule has 4 rings (SSSR count). The van der Waals surface area contributed by atoms with Crippen LogP contribution in [0.3, 0.4) is 0 Å². The smallest absolute Gasteiger partial charge is 0.391 e. The largest absolute Gasteiger partial charge is 0.416 e. The number of β-amino-alcohol motifs (C(OH)–C–C–N with tert-alkyl or cyclic N) is 1. The molecule has 150 valence electrons. The lowest BCUT2D eigenvalue weighted by atomic mass is 10.0. The summed E-state index contributed by atoms with van der Waals surface area (Å²) >= 11 is 0. The first-order chi connectivity index (χ1) is 13.7. The summed E-state index contributed by atoms with van der Waals surface area (Å²) in [5, 5.41) is 9.61. The maximum atomic E-state index is 14.5. The number of aliphatic hydroxyl groups is 1. The van der Waals surface area contributed by atoms with E-state index in [0.29, 0.717) is 19.0 Å². The Morgan fingerprint density at radius 3 is 2.62 bits per heavy atom. The summed E-state index contributed by atoms with van der Waals surface area (Å²) in [6, 6.07) is 2.18. The number of aliphatic hydroxyl groups excluding tert-OH is 1. The number of amides is 1. The number of carbonyl (C=O) groups excluding carboxylic acids is 1.